The maximum atomic E-state index is 12.6. The van der Waals surface area contributed by atoms with Gasteiger partial charge in [-0.2, -0.15) is 5.10 Å². The molecule has 5 nitrogen and oxygen atoms in total. The Balaban J connectivity index is 1.43. The van der Waals surface area contributed by atoms with Crippen LogP contribution in [0.4, 0.5) is 0 Å². The van der Waals surface area contributed by atoms with Crippen LogP contribution in [0.5, 0.6) is 11.5 Å². The SMILES string of the molecule is CCOc1cc(/C=N\NC(=O)[C@H]2[C@H]3CCCC[C@@]32C)cc(I)c1OCc1ccccc1Cl. The van der Waals surface area contributed by atoms with E-state index in [1.807, 2.05) is 43.3 Å². The Morgan fingerprint density at radius 1 is 1.31 bits per heavy atom. The average Bonchev–Trinajstić information content (AvgIpc) is 3.40. The van der Waals surface area contributed by atoms with Crippen molar-refractivity contribution >= 4 is 46.3 Å². The lowest BCUT2D eigenvalue weighted by atomic mass is 9.90. The molecule has 0 unspecified atom stereocenters. The summed E-state index contributed by atoms with van der Waals surface area (Å²) in [6, 6.07) is 11.4. The highest BCUT2D eigenvalue weighted by molar-refractivity contribution is 14.1. The maximum absolute atomic E-state index is 12.6. The first-order valence-electron chi connectivity index (χ1n) is 11.1. The lowest BCUT2D eigenvalue weighted by molar-refractivity contribution is -0.123. The van der Waals surface area contributed by atoms with Crippen LogP contribution in [-0.4, -0.2) is 18.7 Å². The maximum Gasteiger partial charge on any atom is 0.244 e. The fourth-order valence-electron chi connectivity index (χ4n) is 4.92. The first-order valence-corrected chi connectivity index (χ1v) is 12.5. The van der Waals surface area contributed by atoms with Gasteiger partial charge in [-0.1, -0.05) is 49.6 Å². The molecule has 2 aromatic rings. The van der Waals surface area contributed by atoms with Gasteiger partial charge in [-0.3, -0.25) is 4.79 Å². The second kappa shape index (κ2) is 10.00. The monoisotopic (exact) mass is 566 g/mol. The quantitative estimate of drug-likeness (QED) is 0.235. The Hall–Kier alpha value is -1.80. The highest BCUT2D eigenvalue weighted by atomic mass is 127. The highest BCUT2D eigenvalue weighted by Gasteiger charge is 2.64. The average molecular weight is 567 g/mol. The van der Waals surface area contributed by atoms with Gasteiger partial charge in [-0.15, -0.1) is 0 Å². The zero-order valence-electron chi connectivity index (χ0n) is 18.4. The van der Waals surface area contributed by atoms with Gasteiger partial charge in [0, 0.05) is 16.5 Å². The van der Waals surface area contributed by atoms with Gasteiger partial charge in [0.15, 0.2) is 11.5 Å². The molecule has 0 heterocycles. The van der Waals surface area contributed by atoms with Gasteiger partial charge in [-0.05, 0) is 77.5 Å². The van der Waals surface area contributed by atoms with Crippen LogP contribution in [0.2, 0.25) is 5.02 Å². The van der Waals surface area contributed by atoms with E-state index < -0.39 is 0 Å². The second-order valence-electron chi connectivity index (χ2n) is 8.71. The number of halogens is 2. The van der Waals surface area contributed by atoms with E-state index in [4.69, 9.17) is 21.1 Å². The molecule has 2 aliphatic rings. The second-order valence-corrected chi connectivity index (χ2v) is 10.3. The normalized spacial score (nSPS) is 24.1. The molecule has 0 saturated heterocycles. The molecule has 2 fully saturated rings. The van der Waals surface area contributed by atoms with Gasteiger partial charge >= 0.3 is 0 Å². The number of amides is 1. The molecule has 2 aromatic carbocycles. The van der Waals surface area contributed by atoms with Crippen LogP contribution in [-0.2, 0) is 11.4 Å². The zero-order chi connectivity index (χ0) is 22.7. The van der Waals surface area contributed by atoms with Crippen molar-refractivity contribution in [3.05, 3.63) is 56.1 Å². The van der Waals surface area contributed by atoms with E-state index in [2.05, 4.69) is 40.0 Å². The summed E-state index contributed by atoms with van der Waals surface area (Å²) in [5, 5.41) is 4.90. The molecule has 0 radical (unpaired) electrons. The van der Waals surface area contributed by atoms with Crippen molar-refractivity contribution in [2.75, 3.05) is 6.61 Å². The number of benzene rings is 2. The van der Waals surface area contributed by atoms with E-state index in [9.17, 15) is 4.79 Å². The molecular weight excluding hydrogens is 539 g/mol. The Kier molecular flexibility index (Phi) is 7.30. The molecular formula is C25H28ClIN2O3. The number of ether oxygens (including phenoxy) is 2. The van der Waals surface area contributed by atoms with Crippen molar-refractivity contribution in [2.45, 2.75) is 46.1 Å². The Morgan fingerprint density at radius 3 is 2.84 bits per heavy atom. The van der Waals surface area contributed by atoms with Crippen molar-refractivity contribution in [1.29, 1.82) is 0 Å². The molecule has 0 spiro atoms. The van der Waals surface area contributed by atoms with Crippen molar-refractivity contribution < 1.29 is 14.3 Å². The third-order valence-corrected chi connectivity index (χ3v) is 7.83. The number of rotatable bonds is 8. The summed E-state index contributed by atoms with van der Waals surface area (Å²) in [7, 11) is 0. The summed E-state index contributed by atoms with van der Waals surface area (Å²) < 4.78 is 12.8. The first-order chi connectivity index (χ1) is 15.4. The number of carbonyl (C=O) groups excluding carboxylic acids is 1. The summed E-state index contributed by atoms with van der Waals surface area (Å²) in [5.74, 6) is 1.96. The van der Waals surface area contributed by atoms with E-state index >= 15 is 0 Å². The van der Waals surface area contributed by atoms with Crippen molar-refractivity contribution in [3.63, 3.8) is 0 Å². The topological polar surface area (TPSA) is 59.9 Å². The van der Waals surface area contributed by atoms with Gasteiger partial charge in [-0.25, -0.2) is 5.43 Å². The molecule has 2 saturated carbocycles. The molecule has 0 aliphatic heterocycles. The number of nitrogens with zero attached hydrogens (tertiary/aromatic N) is 1. The van der Waals surface area contributed by atoms with E-state index in [1.165, 1.54) is 12.8 Å². The van der Waals surface area contributed by atoms with Crippen LogP contribution in [0.25, 0.3) is 0 Å². The minimum Gasteiger partial charge on any atom is -0.490 e. The number of carbonyl (C=O) groups is 1. The lowest BCUT2D eigenvalue weighted by Crippen LogP contribution is -2.22. The van der Waals surface area contributed by atoms with Gasteiger partial charge in [0.05, 0.1) is 16.4 Å². The third-order valence-electron chi connectivity index (χ3n) is 6.66. The standard InChI is InChI=1S/C25H28ClIN2O3/c1-3-31-21-13-16(12-20(27)23(21)32-15-17-8-4-5-10-19(17)26)14-28-29-24(30)22-18-9-6-7-11-25(18,22)2/h4-5,8,10,12-14,18,22H,3,6-7,9,11,15H2,1-2H3,(H,29,30)/b28-14-/t18-,22-,25+/m1/s1. The van der Waals surface area contributed by atoms with E-state index in [0.29, 0.717) is 35.7 Å². The molecule has 1 amide bonds. The molecule has 1 N–H and O–H groups in total. The van der Waals surface area contributed by atoms with Crippen LogP contribution in [0.3, 0.4) is 0 Å². The van der Waals surface area contributed by atoms with E-state index in [1.54, 1.807) is 6.21 Å². The van der Waals surface area contributed by atoms with E-state index in [-0.39, 0.29) is 17.2 Å². The molecule has 0 aromatic heterocycles. The molecule has 2 aliphatic carbocycles. The molecule has 7 heteroatoms. The van der Waals surface area contributed by atoms with Crippen molar-refractivity contribution in [3.8, 4) is 11.5 Å². The van der Waals surface area contributed by atoms with Gasteiger partial charge in [0.1, 0.15) is 6.61 Å². The van der Waals surface area contributed by atoms with Gasteiger partial charge in [0.2, 0.25) is 5.91 Å². The zero-order valence-corrected chi connectivity index (χ0v) is 21.3. The number of hydrogen-bond acceptors (Lipinski definition) is 4. The predicted octanol–water partition coefficient (Wildman–Crippen LogP) is 6.20. The molecule has 4 rings (SSSR count). The summed E-state index contributed by atoms with van der Waals surface area (Å²) in [4.78, 5) is 12.6. The van der Waals surface area contributed by atoms with Crippen LogP contribution < -0.4 is 14.9 Å². The van der Waals surface area contributed by atoms with Crippen molar-refractivity contribution in [1.82, 2.24) is 5.43 Å². The van der Waals surface area contributed by atoms with Crippen LogP contribution in [0, 0.1) is 20.8 Å². The Bertz CT molecular complexity index is 1030. The summed E-state index contributed by atoms with van der Waals surface area (Å²) in [6.07, 6.45) is 6.42. The number of nitrogens with one attached hydrogen (secondary N) is 1. The van der Waals surface area contributed by atoms with Crippen molar-refractivity contribution in [2.24, 2.45) is 22.4 Å². The first kappa shape index (κ1) is 23.4. The summed E-state index contributed by atoms with van der Waals surface area (Å²) >= 11 is 8.47. The fraction of sp³-hybridized carbons (Fsp3) is 0.440. The van der Waals surface area contributed by atoms with Crippen LogP contribution in [0.1, 0.15) is 50.7 Å². The minimum atomic E-state index is 0.0371. The predicted molar refractivity (Wildman–Crippen MR) is 135 cm³/mol. The number of hydrogen-bond donors (Lipinski definition) is 1. The number of hydrazone groups is 1. The highest BCUT2D eigenvalue weighted by Crippen LogP contribution is 2.66. The molecule has 3 atom stereocenters. The van der Waals surface area contributed by atoms with Crippen LogP contribution >= 0.6 is 34.2 Å². The Labute approximate surface area is 208 Å². The lowest BCUT2D eigenvalue weighted by Gasteiger charge is -2.15. The van der Waals surface area contributed by atoms with Gasteiger partial charge < -0.3 is 9.47 Å². The number of fused-ring (bicyclic) bond motifs is 1. The molecule has 0 bridgehead atoms. The van der Waals surface area contributed by atoms with Gasteiger partial charge in [0.25, 0.3) is 0 Å². The largest absolute Gasteiger partial charge is 0.490 e. The Morgan fingerprint density at radius 2 is 2.12 bits per heavy atom. The summed E-state index contributed by atoms with van der Waals surface area (Å²) in [6.45, 7) is 5.03. The smallest absolute Gasteiger partial charge is 0.244 e. The fourth-order valence-corrected chi connectivity index (χ4v) is 5.89. The van der Waals surface area contributed by atoms with Crippen LogP contribution in [0.15, 0.2) is 41.5 Å². The minimum absolute atomic E-state index is 0.0371. The third kappa shape index (κ3) is 4.91. The summed E-state index contributed by atoms with van der Waals surface area (Å²) in [5.41, 5.74) is 4.68. The molecule has 32 heavy (non-hydrogen) atoms. The molecule has 170 valence electrons. The van der Waals surface area contributed by atoms with E-state index in [0.717, 1.165) is 27.5 Å².